The van der Waals surface area contributed by atoms with Gasteiger partial charge in [-0.2, -0.15) is 5.10 Å². The van der Waals surface area contributed by atoms with E-state index in [0.717, 1.165) is 5.69 Å². The van der Waals surface area contributed by atoms with Crippen molar-refractivity contribution in [3.8, 4) is 0 Å². The van der Waals surface area contributed by atoms with Gasteiger partial charge in [0.1, 0.15) is 0 Å². The number of benzene rings is 1. The topological polar surface area (TPSA) is 57.8 Å². The molecule has 0 atom stereocenters. The number of nitrogens with zero attached hydrogens (tertiary/aromatic N) is 1. The monoisotopic (exact) mass is 269 g/mol. The average Bonchev–Trinajstić information content (AvgIpc) is 2.63. The van der Waals surface area contributed by atoms with Crippen LogP contribution in [-0.2, 0) is 0 Å². The van der Waals surface area contributed by atoms with Gasteiger partial charge in [0.15, 0.2) is 0 Å². The van der Waals surface area contributed by atoms with E-state index in [1.807, 2.05) is 6.92 Å². The minimum atomic E-state index is -0.279. The van der Waals surface area contributed by atoms with E-state index in [2.05, 4.69) is 15.5 Å². The molecule has 2 N–H and O–H groups in total. The average molecular weight is 270 g/mol. The molecule has 2 rings (SSSR count). The van der Waals surface area contributed by atoms with Gasteiger partial charge in [-0.1, -0.05) is 23.2 Å². The van der Waals surface area contributed by atoms with E-state index in [4.69, 9.17) is 23.2 Å². The Labute approximate surface area is 108 Å². The summed E-state index contributed by atoms with van der Waals surface area (Å²) in [5, 5.41) is 10.1. The van der Waals surface area contributed by atoms with Crippen molar-refractivity contribution in [1.82, 2.24) is 10.2 Å². The van der Waals surface area contributed by atoms with Crippen molar-refractivity contribution in [3.05, 3.63) is 45.7 Å². The molecule has 17 heavy (non-hydrogen) atoms. The summed E-state index contributed by atoms with van der Waals surface area (Å²) in [5.74, 6) is -0.279. The molecule has 0 radical (unpaired) electrons. The van der Waals surface area contributed by atoms with Crippen molar-refractivity contribution in [2.45, 2.75) is 6.92 Å². The van der Waals surface area contributed by atoms with Crippen LogP contribution < -0.4 is 5.32 Å². The van der Waals surface area contributed by atoms with Crippen LogP contribution in [0.4, 0.5) is 5.69 Å². The summed E-state index contributed by atoms with van der Waals surface area (Å²) < 4.78 is 0. The molecule has 0 aliphatic carbocycles. The fourth-order valence-electron chi connectivity index (χ4n) is 1.36. The highest BCUT2D eigenvalue weighted by molar-refractivity contribution is 6.35. The number of hydrogen-bond donors (Lipinski definition) is 2. The van der Waals surface area contributed by atoms with Crippen LogP contribution in [0.3, 0.4) is 0 Å². The van der Waals surface area contributed by atoms with E-state index in [1.165, 1.54) is 0 Å². The Morgan fingerprint density at radius 3 is 2.47 bits per heavy atom. The first-order valence-corrected chi connectivity index (χ1v) is 5.59. The van der Waals surface area contributed by atoms with Crippen molar-refractivity contribution in [3.63, 3.8) is 0 Å². The van der Waals surface area contributed by atoms with Crippen LogP contribution in [0.15, 0.2) is 24.4 Å². The van der Waals surface area contributed by atoms with Crippen LogP contribution in [0.5, 0.6) is 0 Å². The van der Waals surface area contributed by atoms with Crippen LogP contribution >= 0.6 is 23.2 Å². The Hall–Kier alpha value is -1.52. The highest BCUT2D eigenvalue weighted by Gasteiger charge is 2.10. The number of hydrogen-bond acceptors (Lipinski definition) is 2. The number of carbonyl (C=O) groups is 1. The maximum atomic E-state index is 11.9. The van der Waals surface area contributed by atoms with E-state index < -0.39 is 0 Å². The Bertz CT molecular complexity index is 545. The van der Waals surface area contributed by atoms with Crippen molar-refractivity contribution in [1.29, 1.82) is 0 Å². The smallest absolute Gasteiger partial charge is 0.255 e. The number of aromatic nitrogens is 2. The summed E-state index contributed by atoms with van der Waals surface area (Å²) in [5.41, 5.74) is 1.82. The number of aromatic amines is 1. The Balaban J connectivity index is 2.23. The lowest BCUT2D eigenvalue weighted by Gasteiger charge is -2.04. The molecule has 1 aromatic heterocycles. The fraction of sp³-hybridized carbons (Fsp3) is 0.0909. The molecule has 1 amide bonds. The predicted molar refractivity (Wildman–Crippen MR) is 67.7 cm³/mol. The van der Waals surface area contributed by atoms with Gasteiger partial charge in [-0.25, -0.2) is 0 Å². The number of halogens is 2. The van der Waals surface area contributed by atoms with Crippen LogP contribution in [-0.4, -0.2) is 16.1 Å². The highest BCUT2D eigenvalue weighted by atomic mass is 35.5. The molecule has 6 heteroatoms. The molecule has 0 bridgehead atoms. The zero-order valence-electron chi connectivity index (χ0n) is 8.92. The van der Waals surface area contributed by atoms with Crippen LogP contribution in [0.1, 0.15) is 16.1 Å². The number of anilines is 1. The SMILES string of the molecule is Cc1[nH]ncc1NC(=O)c1cc(Cl)cc(Cl)c1. The van der Waals surface area contributed by atoms with Crippen LogP contribution in [0.25, 0.3) is 0 Å². The van der Waals surface area contributed by atoms with E-state index in [-0.39, 0.29) is 5.91 Å². The predicted octanol–water partition coefficient (Wildman–Crippen LogP) is 3.28. The normalized spacial score (nSPS) is 10.3. The summed E-state index contributed by atoms with van der Waals surface area (Å²) in [6.45, 7) is 1.81. The first-order valence-electron chi connectivity index (χ1n) is 4.83. The van der Waals surface area contributed by atoms with Crippen molar-refractivity contribution < 1.29 is 4.79 Å². The minimum absolute atomic E-state index is 0.279. The van der Waals surface area contributed by atoms with Gasteiger partial charge in [-0.3, -0.25) is 9.89 Å². The molecule has 1 aromatic carbocycles. The molecular formula is C11H9Cl2N3O. The Kier molecular flexibility index (Phi) is 3.36. The molecule has 1 heterocycles. The van der Waals surface area contributed by atoms with Crippen molar-refractivity contribution in [2.75, 3.05) is 5.32 Å². The lowest BCUT2D eigenvalue weighted by Crippen LogP contribution is -2.12. The van der Waals surface area contributed by atoms with Gasteiger partial charge < -0.3 is 5.32 Å². The van der Waals surface area contributed by atoms with Crippen LogP contribution in [0.2, 0.25) is 10.0 Å². The standard InChI is InChI=1S/C11H9Cl2N3O/c1-6-10(5-14-16-6)15-11(17)7-2-8(12)4-9(13)3-7/h2-5H,1H3,(H,14,16)(H,15,17). The third kappa shape index (κ3) is 2.78. The molecule has 2 aromatic rings. The molecular weight excluding hydrogens is 261 g/mol. The molecule has 4 nitrogen and oxygen atoms in total. The van der Waals surface area contributed by atoms with Crippen molar-refractivity contribution in [2.24, 2.45) is 0 Å². The molecule has 0 unspecified atom stereocenters. The first-order chi connectivity index (χ1) is 8.06. The van der Waals surface area contributed by atoms with E-state index in [0.29, 0.717) is 21.3 Å². The highest BCUT2D eigenvalue weighted by Crippen LogP contribution is 2.20. The lowest BCUT2D eigenvalue weighted by molar-refractivity contribution is 0.102. The van der Waals surface area contributed by atoms with Gasteiger partial charge in [0, 0.05) is 15.6 Å². The number of rotatable bonds is 2. The quantitative estimate of drug-likeness (QED) is 0.879. The number of amides is 1. The van der Waals surface area contributed by atoms with E-state index >= 15 is 0 Å². The Morgan fingerprint density at radius 1 is 1.29 bits per heavy atom. The summed E-state index contributed by atoms with van der Waals surface area (Å²) in [7, 11) is 0. The molecule has 88 valence electrons. The van der Waals surface area contributed by atoms with Gasteiger partial charge in [-0.05, 0) is 25.1 Å². The summed E-state index contributed by atoms with van der Waals surface area (Å²) >= 11 is 11.6. The van der Waals surface area contributed by atoms with Gasteiger partial charge in [-0.15, -0.1) is 0 Å². The first kappa shape index (κ1) is 12.0. The second-order valence-electron chi connectivity index (χ2n) is 3.52. The summed E-state index contributed by atoms with van der Waals surface area (Å²) in [4.78, 5) is 11.9. The van der Waals surface area contributed by atoms with Gasteiger partial charge in [0.05, 0.1) is 17.6 Å². The fourth-order valence-corrected chi connectivity index (χ4v) is 1.88. The molecule has 0 saturated heterocycles. The lowest BCUT2D eigenvalue weighted by atomic mass is 10.2. The third-order valence-electron chi connectivity index (χ3n) is 2.20. The zero-order valence-corrected chi connectivity index (χ0v) is 10.4. The number of carbonyl (C=O) groups excluding carboxylic acids is 1. The molecule has 0 fully saturated rings. The largest absolute Gasteiger partial charge is 0.319 e. The molecule has 0 spiro atoms. The van der Waals surface area contributed by atoms with Gasteiger partial charge >= 0.3 is 0 Å². The van der Waals surface area contributed by atoms with E-state index in [9.17, 15) is 4.79 Å². The third-order valence-corrected chi connectivity index (χ3v) is 2.64. The van der Waals surface area contributed by atoms with Crippen molar-refractivity contribution >= 4 is 34.8 Å². The molecule has 0 aliphatic heterocycles. The van der Waals surface area contributed by atoms with Gasteiger partial charge in [0.2, 0.25) is 0 Å². The maximum absolute atomic E-state index is 11.9. The van der Waals surface area contributed by atoms with Gasteiger partial charge in [0.25, 0.3) is 5.91 Å². The second-order valence-corrected chi connectivity index (χ2v) is 4.39. The maximum Gasteiger partial charge on any atom is 0.255 e. The second kappa shape index (κ2) is 4.77. The number of nitrogens with one attached hydrogen (secondary N) is 2. The summed E-state index contributed by atoms with van der Waals surface area (Å²) in [6, 6.07) is 4.68. The van der Waals surface area contributed by atoms with E-state index in [1.54, 1.807) is 24.4 Å². The number of aryl methyl sites for hydroxylation is 1. The number of H-pyrrole nitrogens is 1. The van der Waals surface area contributed by atoms with Crippen LogP contribution in [0, 0.1) is 6.92 Å². The Morgan fingerprint density at radius 2 is 1.94 bits per heavy atom. The zero-order chi connectivity index (χ0) is 12.4. The molecule has 0 aliphatic rings. The summed E-state index contributed by atoms with van der Waals surface area (Å²) in [6.07, 6.45) is 1.54. The minimum Gasteiger partial charge on any atom is -0.319 e. The molecule has 0 saturated carbocycles.